The van der Waals surface area contributed by atoms with E-state index in [1.807, 2.05) is 0 Å². The first-order valence-electron chi connectivity index (χ1n) is 3.59. The van der Waals surface area contributed by atoms with E-state index in [-0.39, 0.29) is 0 Å². The Morgan fingerprint density at radius 1 is 1.25 bits per heavy atom. The highest BCUT2D eigenvalue weighted by Gasteiger charge is 2.33. The van der Waals surface area contributed by atoms with Crippen molar-refractivity contribution in [3.63, 3.8) is 0 Å². The van der Waals surface area contributed by atoms with Crippen LogP contribution in [0.15, 0.2) is 0 Å². The van der Waals surface area contributed by atoms with E-state index in [1.165, 1.54) is 0 Å². The van der Waals surface area contributed by atoms with Gasteiger partial charge in [0.1, 0.15) is 0 Å². The fourth-order valence-electron chi connectivity index (χ4n) is 1.26. The third-order valence-corrected chi connectivity index (χ3v) is 1.75. The van der Waals surface area contributed by atoms with Gasteiger partial charge in [0.15, 0.2) is 6.27 Å². The SMILES string of the molecule is [2H]C12OCCC1CCO2. The van der Waals surface area contributed by atoms with Gasteiger partial charge in [0, 0.05) is 5.92 Å². The molecule has 0 aliphatic carbocycles. The van der Waals surface area contributed by atoms with Gasteiger partial charge in [-0.25, -0.2) is 0 Å². The highest BCUT2D eigenvalue weighted by atomic mass is 16.7. The van der Waals surface area contributed by atoms with Crippen LogP contribution in [0.5, 0.6) is 0 Å². The summed E-state index contributed by atoms with van der Waals surface area (Å²) >= 11 is 0. The maximum atomic E-state index is 7.55. The Balaban J connectivity index is 2.17. The predicted octanol–water partition coefficient (Wildman–Crippen LogP) is 0.769. The van der Waals surface area contributed by atoms with E-state index in [1.54, 1.807) is 0 Å². The Kier molecular flexibility index (Phi) is 0.822. The van der Waals surface area contributed by atoms with Gasteiger partial charge in [0.2, 0.25) is 0 Å². The van der Waals surface area contributed by atoms with E-state index >= 15 is 0 Å². The van der Waals surface area contributed by atoms with Crippen LogP contribution < -0.4 is 0 Å². The van der Waals surface area contributed by atoms with Gasteiger partial charge in [-0.2, -0.15) is 0 Å². The van der Waals surface area contributed by atoms with E-state index in [0.717, 1.165) is 12.8 Å². The minimum atomic E-state index is -0.944. The van der Waals surface area contributed by atoms with Gasteiger partial charge in [0.05, 0.1) is 14.6 Å². The molecule has 0 aromatic heterocycles. The summed E-state index contributed by atoms with van der Waals surface area (Å²) < 4.78 is 17.8. The summed E-state index contributed by atoms with van der Waals surface area (Å²) in [6.07, 6.45) is 1.06. The Labute approximate surface area is 50.2 Å². The van der Waals surface area contributed by atoms with Crippen LogP contribution in [-0.2, 0) is 9.47 Å². The molecule has 0 radical (unpaired) electrons. The topological polar surface area (TPSA) is 18.5 Å². The first kappa shape index (κ1) is 3.85. The monoisotopic (exact) mass is 115 g/mol. The lowest BCUT2D eigenvalue weighted by molar-refractivity contribution is -0.0904. The Hall–Kier alpha value is -0.0800. The lowest BCUT2D eigenvalue weighted by Crippen LogP contribution is -2.08. The normalized spacial score (nSPS) is 56.0. The number of hydrogen-bond acceptors (Lipinski definition) is 2. The highest BCUT2D eigenvalue weighted by molar-refractivity contribution is 4.73. The molecular formula is C6H10O2. The molecule has 2 saturated heterocycles. The van der Waals surface area contributed by atoms with Crippen LogP contribution in [0.1, 0.15) is 14.2 Å². The van der Waals surface area contributed by atoms with E-state index < -0.39 is 6.27 Å². The van der Waals surface area contributed by atoms with Gasteiger partial charge in [0.25, 0.3) is 0 Å². The first-order chi connectivity index (χ1) is 4.31. The Morgan fingerprint density at radius 2 is 1.88 bits per heavy atom. The van der Waals surface area contributed by atoms with Crippen LogP contribution in [0.2, 0.25) is 0 Å². The van der Waals surface area contributed by atoms with Gasteiger partial charge in [-0.05, 0) is 12.8 Å². The molecule has 2 fully saturated rings. The van der Waals surface area contributed by atoms with Crippen molar-refractivity contribution in [3.05, 3.63) is 0 Å². The molecular weight excluding hydrogens is 104 g/mol. The number of hydrogen-bond donors (Lipinski definition) is 0. The lowest BCUT2D eigenvalue weighted by Gasteiger charge is -2.03. The predicted molar refractivity (Wildman–Crippen MR) is 28.4 cm³/mol. The van der Waals surface area contributed by atoms with Crippen molar-refractivity contribution in [1.82, 2.24) is 0 Å². The third-order valence-electron chi connectivity index (χ3n) is 1.75. The molecule has 0 aromatic carbocycles. The molecule has 46 valence electrons. The molecule has 0 unspecified atom stereocenters. The largest absolute Gasteiger partial charge is 0.352 e. The minimum Gasteiger partial charge on any atom is -0.352 e. The molecule has 0 spiro atoms. The summed E-state index contributed by atoms with van der Waals surface area (Å²) in [6, 6.07) is 0. The van der Waals surface area contributed by atoms with Crippen molar-refractivity contribution >= 4 is 0 Å². The molecule has 2 aliphatic heterocycles. The van der Waals surface area contributed by atoms with Crippen molar-refractivity contribution < 1.29 is 10.8 Å². The summed E-state index contributed by atoms with van der Waals surface area (Å²) in [5, 5.41) is 0. The molecule has 0 atom stereocenters. The van der Waals surface area contributed by atoms with Crippen LogP contribution in [0.4, 0.5) is 0 Å². The van der Waals surface area contributed by atoms with Crippen LogP contribution in [0.25, 0.3) is 0 Å². The highest BCUT2D eigenvalue weighted by Crippen LogP contribution is 2.30. The second-order valence-electron chi connectivity index (χ2n) is 2.29. The van der Waals surface area contributed by atoms with Crippen molar-refractivity contribution in [2.45, 2.75) is 19.1 Å². The van der Waals surface area contributed by atoms with Gasteiger partial charge in [-0.15, -0.1) is 0 Å². The van der Waals surface area contributed by atoms with Crippen molar-refractivity contribution in [2.75, 3.05) is 13.2 Å². The zero-order valence-corrected chi connectivity index (χ0v) is 4.72. The third kappa shape index (κ3) is 0.565. The quantitative estimate of drug-likeness (QED) is 0.464. The van der Waals surface area contributed by atoms with Crippen molar-refractivity contribution in [3.8, 4) is 0 Å². The van der Waals surface area contributed by atoms with E-state index in [0.29, 0.717) is 19.1 Å². The van der Waals surface area contributed by atoms with Crippen LogP contribution >= 0.6 is 0 Å². The van der Waals surface area contributed by atoms with Crippen molar-refractivity contribution in [1.29, 1.82) is 0 Å². The number of fused-ring (bicyclic) bond motifs is 1. The molecule has 2 heterocycles. The van der Waals surface area contributed by atoms with Gasteiger partial charge in [-0.3, -0.25) is 0 Å². The van der Waals surface area contributed by atoms with Gasteiger partial charge >= 0.3 is 0 Å². The smallest absolute Gasteiger partial charge is 0.160 e. The first-order valence-corrected chi connectivity index (χ1v) is 3.09. The zero-order valence-electron chi connectivity index (χ0n) is 5.72. The summed E-state index contributed by atoms with van der Waals surface area (Å²) in [6.45, 7) is 1.41. The Bertz CT molecular complexity index is 116. The molecule has 2 aliphatic rings. The van der Waals surface area contributed by atoms with Crippen molar-refractivity contribution in [2.24, 2.45) is 5.92 Å². The molecule has 2 heteroatoms. The second kappa shape index (κ2) is 1.71. The Morgan fingerprint density at radius 3 is 2.38 bits per heavy atom. The standard InChI is InChI=1S/C6H10O2/c1-3-7-6-5(1)2-4-8-6/h5-6H,1-4H2/i6D. The summed E-state index contributed by atoms with van der Waals surface area (Å²) in [5.74, 6) is 0.345. The molecule has 0 amide bonds. The fourth-order valence-corrected chi connectivity index (χ4v) is 1.26. The van der Waals surface area contributed by atoms with Gasteiger partial charge in [-0.1, -0.05) is 0 Å². The number of rotatable bonds is 0. The van der Waals surface area contributed by atoms with Gasteiger partial charge < -0.3 is 9.47 Å². The van der Waals surface area contributed by atoms with Crippen LogP contribution in [0, 0.1) is 5.92 Å². The molecule has 2 nitrogen and oxygen atoms in total. The maximum absolute atomic E-state index is 7.55. The lowest BCUT2D eigenvalue weighted by atomic mass is 10.1. The zero-order chi connectivity index (χ0) is 6.32. The molecule has 0 aromatic rings. The van der Waals surface area contributed by atoms with E-state index in [9.17, 15) is 0 Å². The van der Waals surface area contributed by atoms with Crippen LogP contribution in [-0.4, -0.2) is 19.5 Å². The van der Waals surface area contributed by atoms with E-state index in [4.69, 9.17) is 10.8 Å². The van der Waals surface area contributed by atoms with Crippen LogP contribution in [0.3, 0.4) is 0 Å². The average molecular weight is 115 g/mol. The molecule has 0 bridgehead atoms. The number of ether oxygens (including phenoxy) is 2. The molecule has 8 heavy (non-hydrogen) atoms. The summed E-state index contributed by atoms with van der Waals surface area (Å²) in [7, 11) is 0. The minimum absolute atomic E-state index is 0.345. The summed E-state index contributed by atoms with van der Waals surface area (Å²) in [5.41, 5.74) is 0. The molecule has 2 rings (SSSR count). The second-order valence-corrected chi connectivity index (χ2v) is 2.29. The summed E-state index contributed by atoms with van der Waals surface area (Å²) in [4.78, 5) is 0. The maximum Gasteiger partial charge on any atom is 0.160 e. The average Bonchev–Trinajstić information content (AvgIpc) is 2.22. The molecule has 0 N–H and O–H groups in total. The molecule has 0 saturated carbocycles. The fraction of sp³-hybridized carbons (Fsp3) is 1.00. The van der Waals surface area contributed by atoms with E-state index in [2.05, 4.69) is 0 Å².